The molecule has 3 nitrogen and oxygen atoms in total. The van der Waals surface area contributed by atoms with E-state index in [-0.39, 0.29) is 0 Å². The Balaban J connectivity index is 0.000000531. The van der Waals surface area contributed by atoms with Gasteiger partial charge in [0.2, 0.25) is 0 Å². The Labute approximate surface area is 93.2 Å². The summed E-state index contributed by atoms with van der Waals surface area (Å²) in [6.07, 6.45) is 1.73. The van der Waals surface area contributed by atoms with Gasteiger partial charge in [0.1, 0.15) is 15.9 Å². The van der Waals surface area contributed by atoms with Gasteiger partial charge in [-0.1, -0.05) is 25.2 Å². The van der Waals surface area contributed by atoms with E-state index in [2.05, 4.69) is 11.1 Å². The Bertz CT molecular complexity index is 508. The van der Waals surface area contributed by atoms with E-state index >= 15 is 0 Å². The summed E-state index contributed by atoms with van der Waals surface area (Å²) >= 11 is 1.36. The number of anilines is 1. The lowest BCUT2D eigenvalue weighted by atomic mass is 10.1. The molecule has 0 fully saturated rings. The van der Waals surface area contributed by atoms with Crippen LogP contribution in [-0.2, 0) is 0 Å². The summed E-state index contributed by atoms with van der Waals surface area (Å²) in [7, 11) is 0. The van der Waals surface area contributed by atoms with E-state index in [0.29, 0.717) is 10.6 Å². The molecule has 0 saturated carbocycles. The topological polar surface area (TPSA) is 62.7 Å². The van der Waals surface area contributed by atoms with Crippen molar-refractivity contribution in [1.29, 1.82) is 5.26 Å². The predicted molar refractivity (Wildman–Crippen MR) is 64.8 cm³/mol. The molecule has 0 radical (unpaired) electrons. The minimum atomic E-state index is 0.555. The number of nitrogens with zero attached hydrogens (tertiary/aromatic N) is 2. The van der Waals surface area contributed by atoms with E-state index in [1.54, 1.807) is 6.20 Å². The molecule has 2 heterocycles. The fourth-order valence-corrected chi connectivity index (χ4v) is 2.24. The van der Waals surface area contributed by atoms with Gasteiger partial charge in [-0.2, -0.15) is 5.26 Å². The molecule has 15 heavy (non-hydrogen) atoms. The molecule has 2 aromatic heterocycles. The third-order valence-corrected chi connectivity index (χ3v) is 2.87. The Hall–Kier alpha value is -1.60. The predicted octanol–water partition coefficient (Wildman–Crippen LogP) is 3.08. The first-order valence-corrected chi connectivity index (χ1v) is 5.59. The highest BCUT2D eigenvalue weighted by Crippen LogP contribution is 2.32. The molecule has 0 saturated heterocycles. The highest BCUT2D eigenvalue weighted by atomic mass is 32.1. The smallest absolute Gasteiger partial charge is 0.126 e. The van der Waals surface area contributed by atoms with Crippen molar-refractivity contribution in [2.75, 3.05) is 5.73 Å². The fourth-order valence-electron chi connectivity index (χ4n) is 1.30. The molecule has 0 aliphatic carbocycles. The number of nitrogen functional groups attached to an aromatic ring is 1. The molecule has 0 unspecified atom stereocenters. The lowest BCUT2D eigenvalue weighted by Gasteiger charge is -1.93. The number of rotatable bonds is 0. The first-order valence-electron chi connectivity index (χ1n) is 4.77. The van der Waals surface area contributed by atoms with Crippen LogP contribution in [-0.4, -0.2) is 4.98 Å². The van der Waals surface area contributed by atoms with Crippen molar-refractivity contribution < 1.29 is 0 Å². The maximum Gasteiger partial charge on any atom is 0.126 e. The minimum Gasteiger partial charge on any atom is -0.389 e. The number of hydrogen-bond donors (Lipinski definition) is 1. The molecule has 2 rings (SSSR count). The van der Waals surface area contributed by atoms with E-state index in [0.717, 1.165) is 15.8 Å². The van der Waals surface area contributed by atoms with Crippen LogP contribution >= 0.6 is 11.3 Å². The summed E-state index contributed by atoms with van der Waals surface area (Å²) in [6.45, 7) is 5.96. The van der Waals surface area contributed by atoms with Gasteiger partial charge in [0.05, 0.1) is 5.56 Å². The van der Waals surface area contributed by atoms with Gasteiger partial charge in [0.25, 0.3) is 0 Å². The largest absolute Gasteiger partial charge is 0.389 e. The van der Waals surface area contributed by atoms with Crippen LogP contribution in [0.15, 0.2) is 12.3 Å². The monoisotopic (exact) mass is 219 g/mol. The summed E-state index contributed by atoms with van der Waals surface area (Å²) in [5.41, 5.74) is 7.30. The Morgan fingerprint density at radius 3 is 2.73 bits per heavy atom. The number of nitrogens with two attached hydrogens (primary N) is 1. The number of aryl methyl sites for hydroxylation is 1. The van der Waals surface area contributed by atoms with Crippen LogP contribution in [0, 0.1) is 18.3 Å². The molecule has 0 aliphatic heterocycles. The SMILES string of the molecule is CC.Cc1ccnc2sc(N)c(C#N)c12. The van der Waals surface area contributed by atoms with Crippen molar-refractivity contribution in [1.82, 2.24) is 4.98 Å². The average Bonchev–Trinajstić information content (AvgIpc) is 2.58. The van der Waals surface area contributed by atoms with Crippen molar-refractivity contribution in [2.24, 2.45) is 0 Å². The van der Waals surface area contributed by atoms with Crippen LogP contribution in [0.1, 0.15) is 25.0 Å². The molecular weight excluding hydrogens is 206 g/mol. The van der Waals surface area contributed by atoms with Crippen molar-refractivity contribution in [3.8, 4) is 6.07 Å². The van der Waals surface area contributed by atoms with Gasteiger partial charge < -0.3 is 5.73 Å². The lowest BCUT2D eigenvalue weighted by molar-refractivity contribution is 1.39. The van der Waals surface area contributed by atoms with E-state index in [1.807, 2.05) is 26.8 Å². The molecule has 0 spiro atoms. The van der Waals surface area contributed by atoms with Crippen molar-refractivity contribution >= 4 is 26.6 Å². The van der Waals surface area contributed by atoms with Gasteiger partial charge in [0.15, 0.2) is 0 Å². The molecular formula is C11H13N3S. The molecule has 2 aromatic rings. The maximum atomic E-state index is 8.88. The second-order valence-electron chi connectivity index (χ2n) is 2.76. The van der Waals surface area contributed by atoms with E-state index in [1.165, 1.54) is 11.3 Å². The highest BCUT2D eigenvalue weighted by Gasteiger charge is 2.11. The number of nitriles is 1. The molecule has 0 amide bonds. The number of aromatic nitrogens is 1. The summed E-state index contributed by atoms with van der Waals surface area (Å²) in [5, 5.41) is 10.3. The lowest BCUT2D eigenvalue weighted by Crippen LogP contribution is -1.84. The number of hydrogen-bond acceptors (Lipinski definition) is 4. The van der Waals surface area contributed by atoms with Crippen LogP contribution < -0.4 is 5.73 Å². The average molecular weight is 219 g/mol. The first-order chi connectivity index (χ1) is 7.24. The van der Waals surface area contributed by atoms with Crippen LogP contribution in [0.2, 0.25) is 0 Å². The van der Waals surface area contributed by atoms with Crippen molar-refractivity contribution in [3.63, 3.8) is 0 Å². The quantitative estimate of drug-likeness (QED) is 0.740. The minimum absolute atomic E-state index is 0.555. The molecule has 0 aromatic carbocycles. The summed E-state index contributed by atoms with van der Waals surface area (Å²) < 4.78 is 0. The van der Waals surface area contributed by atoms with Gasteiger partial charge in [-0.15, -0.1) is 0 Å². The zero-order valence-electron chi connectivity index (χ0n) is 9.03. The highest BCUT2D eigenvalue weighted by molar-refractivity contribution is 7.22. The Morgan fingerprint density at radius 2 is 2.13 bits per heavy atom. The second kappa shape index (κ2) is 4.76. The third-order valence-electron chi connectivity index (χ3n) is 1.94. The zero-order chi connectivity index (χ0) is 11.4. The first kappa shape index (κ1) is 11.5. The third kappa shape index (κ3) is 1.92. The molecule has 0 aliphatic rings. The Morgan fingerprint density at radius 1 is 1.47 bits per heavy atom. The van der Waals surface area contributed by atoms with E-state index in [9.17, 15) is 0 Å². The van der Waals surface area contributed by atoms with E-state index < -0.39 is 0 Å². The summed E-state index contributed by atoms with van der Waals surface area (Å²) in [6, 6.07) is 3.99. The van der Waals surface area contributed by atoms with Crippen LogP contribution in [0.3, 0.4) is 0 Å². The molecule has 0 bridgehead atoms. The van der Waals surface area contributed by atoms with Gasteiger partial charge >= 0.3 is 0 Å². The van der Waals surface area contributed by atoms with Crippen molar-refractivity contribution in [3.05, 3.63) is 23.4 Å². The molecule has 78 valence electrons. The number of thiophene rings is 1. The normalized spacial score (nSPS) is 9.20. The molecule has 0 atom stereocenters. The standard InChI is InChI=1S/C9H7N3S.C2H6/c1-5-2-3-12-9-7(5)6(4-10)8(11)13-9;1-2/h2-3H,11H2,1H3;1-2H3. The second-order valence-corrected chi connectivity index (χ2v) is 3.79. The molecule has 4 heteroatoms. The van der Waals surface area contributed by atoms with Gasteiger partial charge in [-0.05, 0) is 18.6 Å². The maximum absolute atomic E-state index is 8.88. The van der Waals surface area contributed by atoms with Gasteiger partial charge in [-0.25, -0.2) is 4.98 Å². The number of fused-ring (bicyclic) bond motifs is 1. The fraction of sp³-hybridized carbons (Fsp3) is 0.273. The van der Waals surface area contributed by atoms with Gasteiger partial charge in [0, 0.05) is 11.6 Å². The molecule has 2 N–H and O–H groups in total. The van der Waals surface area contributed by atoms with Crippen LogP contribution in [0.25, 0.3) is 10.2 Å². The van der Waals surface area contributed by atoms with Gasteiger partial charge in [-0.3, -0.25) is 0 Å². The summed E-state index contributed by atoms with van der Waals surface area (Å²) in [4.78, 5) is 5.00. The zero-order valence-corrected chi connectivity index (χ0v) is 9.85. The van der Waals surface area contributed by atoms with E-state index in [4.69, 9.17) is 11.0 Å². The Kier molecular flexibility index (Phi) is 3.64. The van der Waals surface area contributed by atoms with Crippen molar-refractivity contribution in [2.45, 2.75) is 20.8 Å². The summed E-state index contributed by atoms with van der Waals surface area (Å²) in [5.74, 6) is 0. The van der Waals surface area contributed by atoms with Crippen LogP contribution in [0.5, 0.6) is 0 Å². The number of pyridine rings is 1. The van der Waals surface area contributed by atoms with Crippen LogP contribution in [0.4, 0.5) is 5.00 Å².